The summed E-state index contributed by atoms with van der Waals surface area (Å²) >= 11 is 0. The molecule has 5 nitrogen and oxygen atoms in total. The van der Waals surface area contributed by atoms with Crippen LogP contribution in [0.5, 0.6) is 5.75 Å². The molecule has 0 aliphatic rings. The SMILES string of the molecule is COc1cc2[nH]ccc2nc1C(=O)O. The van der Waals surface area contributed by atoms with Gasteiger partial charge in [0.05, 0.1) is 18.1 Å². The molecule has 0 bridgehead atoms. The van der Waals surface area contributed by atoms with Gasteiger partial charge in [0.15, 0.2) is 11.4 Å². The Labute approximate surface area is 79.3 Å². The van der Waals surface area contributed by atoms with Gasteiger partial charge in [-0.15, -0.1) is 0 Å². The number of aromatic carboxylic acids is 1. The van der Waals surface area contributed by atoms with Crippen LogP contribution in [0.4, 0.5) is 0 Å². The van der Waals surface area contributed by atoms with Gasteiger partial charge in [-0.25, -0.2) is 9.78 Å². The Morgan fingerprint density at radius 1 is 1.64 bits per heavy atom. The van der Waals surface area contributed by atoms with Gasteiger partial charge in [-0.3, -0.25) is 0 Å². The monoisotopic (exact) mass is 192 g/mol. The van der Waals surface area contributed by atoms with Crippen LogP contribution < -0.4 is 4.74 Å². The third kappa shape index (κ3) is 1.19. The van der Waals surface area contributed by atoms with E-state index in [9.17, 15) is 4.79 Å². The number of nitrogens with zero attached hydrogens (tertiary/aromatic N) is 1. The summed E-state index contributed by atoms with van der Waals surface area (Å²) in [5.74, 6) is -0.836. The number of carboxylic acids is 1. The number of hydrogen-bond donors (Lipinski definition) is 2. The number of H-pyrrole nitrogens is 1. The molecule has 2 rings (SSSR count). The van der Waals surface area contributed by atoms with Gasteiger partial charge in [0.1, 0.15) is 0 Å². The van der Waals surface area contributed by atoms with E-state index < -0.39 is 5.97 Å². The highest BCUT2D eigenvalue weighted by molar-refractivity contribution is 5.92. The van der Waals surface area contributed by atoms with Gasteiger partial charge < -0.3 is 14.8 Å². The van der Waals surface area contributed by atoms with E-state index in [1.54, 1.807) is 18.3 Å². The standard InChI is InChI=1S/C9H8N2O3/c1-14-7-4-6-5(2-3-10-6)11-8(7)9(12)13/h2-4,10H,1H3,(H,12,13). The first kappa shape index (κ1) is 8.55. The highest BCUT2D eigenvalue weighted by atomic mass is 16.5. The highest BCUT2D eigenvalue weighted by Gasteiger charge is 2.14. The van der Waals surface area contributed by atoms with E-state index >= 15 is 0 Å². The molecule has 0 saturated carbocycles. The third-order valence-corrected chi connectivity index (χ3v) is 1.92. The van der Waals surface area contributed by atoms with Crippen LogP contribution in [0.15, 0.2) is 18.3 Å². The zero-order valence-corrected chi connectivity index (χ0v) is 7.44. The zero-order valence-electron chi connectivity index (χ0n) is 7.44. The first-order chi connectivity index (χ1) is 6.72. The molecule has 0 aromatic carbocycles. The average Bonchev–Trinajstić information content (AvgIpc) is 2.62. The van der Waals surface area contributed by atoms with Gasteiger partial charge in [-0.05, 0) is 6.07 Å². The topological polar surface area (TPSA) is 75.2 Å². The number of pyridine rings is 1. The quantitative estimate of drug-likeness (QED) is 0.751. The Bertz CT molecular complexity index is 490. The molecule has 0 aliphatic heterocycles. The molecule has 0 radical (unpaired) electrons. The van der Waals surface area contributed by atoms with Crippen molar-refractivity contribution < 1.29 is 14.6 Å². The van der Waals surface area contributed by atoms with Gasteiger partial charge in [0.2, 0.25) is 0 Å². The van der Waals surface area contributed by atoms with E-state index in [2.05, 4.69) is 9.97 Å². The number of nitrogens with one attached hydrogen (secondary N) is 1. The van der Waals surface area contributed by atoms with Crippen LogP contribution in [0.3, 0.4) is 0 Å². The van der Waals surface area contributed by atoms with Crippen LogP contribution in [0.25, 0.3) is 11.0 Å². The summed E-state index contributed by atoms with van der Waals surface area (Å²) in [5.41, 5.74) is 1.30. The van der Waals surface area contributed by atoms with Crippen molar-refractivity contribution in [2.45, 2.75) is 0 Å². The Morgan fingerprint density at radius 3 is 3.07 bits per heavy atom. The second kappa shape index (κ2) is 3.02. The summed E-state index contributed by atoms with van der Waals surface area (Å²) in [5, 5.41) is 8.84. The molecule has 72 valence electrons. The van der Waals surface area contributed by atoms with E-state index in [0.717, 1.165) is 5.52 Å². The maximum Gasteiger partial charge on any atom is 0.358 e. The Balaban J connectivity index is 2.72. The van der Waals surface area contributed by atoms with E-state index in [0.29, 0.717) is 5.52 Å². The first-order valence-electron chi connectivity index (χ1n) is 3.98. The fourth-order valence-electron chi connectivity index (χ4n) is 1.27. The average molecular weight is 192 g/mol. The largest absolute Gasteiger partial charge is 0.494 e. The highest BCUT2D eigenvalue weighted by Crippen LogP contribution is 2.21. The molecular formula is C9H8N2O3. The molecule has 5 heteroatoms. The second-order valence-electron chi connectivity index (χ2n) is 2.75. The molecule has 2 heterocycles. The molecule has 0 spiro atoms. The first-order valence-corrected chi connectivity index (χ1v) is 3.98. The van der Waals surface area contributed by atoms with Crippen LogP contribution >= 0.6 is 0 Å². The number of hydrogen-bond acceptors (Lipinski definition) is 3. The molecule has 14 heavy (non-hydrogen) atoms. The Morgan fingerprint density at radius 2 is 2.43 bits per heavy atom. The summed E-state index contributed by atoms with van der Waals surface area (Å²) < 4.78 is 4.92. The lowest BCUT2D eigenvalue weighted by molar-refractivity contribution is 0.0687. The van der Waals surface area contributed by atoms with Gasteiger partial charge >= 0.3 is 5.97 Å². The number of aromatic nitrogens is 2. The predicted molar refractivity (Wildman–Crippen MR) is 49.6 cm³/mol. The maximum absolute atomic E-state index is 10.8. The fourth-order valence-corrected chi connectivity index (χ4v) is 1.27. The molecule has 2 aromatic rings. The number of rotatable bonds is 2. The van der Waals surface area contributed by atoms with Crippen LogP contribution in [-0.4, -0.2) is 28.2 Å². The Hall–Kier alpha value is -2.04. The smallest absolute Gasteiger partial charge is 0.358 e. The van der Waals surface area contributed by atoms with Crippen LogP contribution in [0, 0.1) is 0 Å². The maximum atomic E-state index is 10.8. The molecule has 0 atom stereocenters. The lowest BCUT2D eigenvalue weighted by Crippen LogP contribution is -2.03. The van der Waals surface area contributed by atoms with Crippen LogP contribution in [-0.2, 0) is 0 Å². The zero-order chi connectivity index (χ0) is 10.1. The third-order valence-electron chi connectivity index (χ3n) is 1.92. The minimum Gasteiger partial charge on any atom is -0.494 e. The van der Waals surface area contributed by atoms with Crippen LogP contribution in [0.1, 0.15) is 10.5 Å². The normalized spacial score (nSPS) is 10.4. The van der Waals surface area contributed by atoms with Gasteiger partial charge in [0.25, 0.3) is 0 Å². The van der Waals surface area contributed by atoms with Gasteiger partial charge in [-0.2, -0.15) is 0 Å². The van der Waals surface area contributed by atoms with Crippen molar-refractivity contribution in [3.63, 3.8) is 0 Å². The molecular weight excluding hydrogens is 184 g/mol. The van der Waals surface area contributed by atoms with Gasteiger partial charge in [-0.1, -0.05) is 0 Å². The molecule has 0 unspecified atom stereocenters. The van der Waals surface area contributed by atoms with E-state index in [1.807, 2.05) is 0 Å². The van der Waals surface area contributed by atoms with E-state index in [-0.39, 0.29) is 11.4 Å². The van der Waals surface area contributed by atoms with Crippen molar-refractivity contribution in [1.82, 2.24) is 9.97 Å². The Kier molecular flexibility index (Phi) is 1.85. The molecule has 0 fully saturated rings. The number of carboxylic acid groups (broad SMARTS) is 1. The molecule has 2 N–H and O–H groups in total. The van der Waals surface area contributed by atoms with E-state index in [1.165, 1.54) is 7.11 Å². The molecule has 0 amide bonds. The second-order valence-corrected chi connectivity index (χ2v) is 2.75. The lowest BCUT2D eigenvalue weighted by Gasteiger charge is -2.03. The molecule has 0 saturated heterocycles. The summed E-state index contributed by atoms with van der Waals surface area (Å²) in [6, 6.07) is 3.33. The van der Waals surface area contributed by atoms with Gasteiger partial charge in [0, 0.05) is 12.3 Å². The van der Waals surface area contributed by atoms with Crippen molar-refractivity contribution in [2.24, 2.45) is 0 Å². The predicted octanol–water partition coefficient (Wildman–Crippen LogP) is 1.27. The number of fused-ring (bicyclic) bond motifs is 1. The van der Waals surface area contributed by atoms with Crippen molar-refractivity contribution in [3.05, 3.63) is 24.0 Å². The fraction of sp³-hybridized carbons (Fsp3) is 0.111. The molecule has 0 aliphatic carbocycles. The minimum absolute atomic E-state index is 0.0698. The summed E-state index contributed by atoms with van der Waals surface area (Å²) in [4.78, 5) is 17.7. The number of aromatic amines is 1. The summed E-state index contributed by atoms with van der Waals surface area (Å²) in [6.45, 7) is 0. The minimum atomic E-state index is -1.09. The summed E-state index contributed by atoms with van der Waals surface area (Å²) in [7, 11) is 1.41. The summed E-state index contributed by atoms with van der Waals surface area (Å²) in [6.07, 6.45) is 1.70. The van der Waals surface area contributed by atoms with Crippen LogP contribution in [0.2, 0.25) is 0 Å². The lowest BCUT2D eigenvalue weighted by atomic mass is 10.3. The number of carbonyl (C=O) groups is 1. The van der Waals surface area contributed by atoms with Crippen molar-refractivity contribution in [1.29, 1.82) is 0 Å². The number of ether oxygens (including phenoxy) is 1. The van der Waals surface area contributed by atoms with E-state index in [4.69, 9.17) is 9.84 Å². The molecule has 2 aromatic heterocycles. The van der Waals surface area contributed by atoms with Crippen molar-refractivity contribution in [2.75, 3.05) is 7.11 Å². The van der Waals surface area contributed by atoms with Crippen molar-refractivity contribution >= 4 is 17.0 Å². The number of methoxy groups -OCH3 is 1. The van der Waals surface area contributed by atoms with Crippen molar-refractivity contribution in [3.8, 4) is 5.75 Å².